The van der Waals surface area contributed by atoms with E-state index in [0.717, 1.165) is 27.6 Å². The average Bonchev–Trinajstić information content (AvgIpc) is 3.04. The molecule has 0 aliphatic carbocycles. The Balaban J connectivity index is 1.34. The van der Waals surface area contributed by atoms with Gasteiger partial charge in [-0.05, 0) is 53.1 Å². The van der Waals surface area contributed by atoms with Crippen molar-refractivity contribution in [2.75, 3.05) is 29.7 Å². The summed E-state index contributed by atoms with van der Waals surface area (Å²) >= 11 is 12.3. The fraction of sp³-hybridized carbons (Fsp3) is 0.250. The molecule has 1 atom stereocenters. The van der Waals surface area contributed by atoms with E-state index in [4.69, 9.17) is 28.9 Å². The molecule has 5 rings (SSSR count). The van der Waals surface area contributed by atoms with Gasteiger partial charge in [-0.2, -0.15) is 0 Å². The van der Waals surface area contributed by atoms with Crippen molar-refractivity contribution in [1.82, 2.24) is 15.5 Å². The highest BCUT2D eigenvalue weighted by Crippen LogP contribution is 2.37. The van der Waals surface area contributed by atoms with Gasteiger partial charge < -0.3 is 16.4 Å². The minimum absolute atomic E-state index is 0.0545. The number of sulfonamides is 1. The minimum atomic E-state index is -4.30. The Morgan fingerprint density at radius 3 is 1.94 bits per heavy atom. The lowest BCUT2D eigenvalue weighted by molar-refractivity contribution is -0.132. The summed E-state index contributed by atoms with van der Waals surface area (Å²) in [5.41, 5.74) is 7.41. The highest BCUT2D eigenvalue weighted by atomic mass is 35.5. The van der Waals surface area contributed by atoms with Gasteiger partial charge in [0.05, 0.1) is 23.5 Å². The van der Waals surface area contributed by atoms with E-state index >= 15 is 0 Å². The first-order valence-corrected chi connectivity index (χ1v) is 18.3. The van der Waals surface area contributed by atoms with E-state index in [1.807, 2.05) is 29.2 Å². The maximum Gasteiger partial charge on any atom is 0.242 e. The lowest BCUT2D eigenvalue weighted by Crippen LogP contribution is -2.62. The van der Waals surface area contributed by atoms with E-state index in [0.29, 0.717) is 21.7 Å². The number of nitrogens with zero attached hydrogens (tertiary/aromatic N) is 2. The number of nitrogens with one attached hydrogen (secondary N) is 2. The summed E-state index contributed by atoms with van der Waals surface area (Å²) in [4.78, 5) is 38.9. The van der Waals surface area contributed by atoms with Crippen LogP contribution >= 0.6 is 23.2 Å². The van der Waals surface area contributed by atoms with Crippen LogP contribution < -0.4 is 20.7 Å². The molecule has 0 spiro atoms. The first-order chi connectivity index (χ1) is 24.3. The van der Waals surface area contributed by atoms with Crippen molar-refractivity contribution in [2.24, 2.45) is 5.73 Å². The summed E-state index contributed by atoms with van der Waals surface area (Å²) < 4.78 is 57.9. The normalized spacial score (nSPS) is 14.1. The second kappa shape index (κ2) is 16.6. The predicted molar refractivity (Wildman–Crippen MR) is 192 cm³/mol. The third kappa shape index (κ3) is 10.0. The molecular weight excluding hydrogens is 723 g/mol. The van der Waals surface area contributed by atoms with Crippen molar-refractivity contribution in [3.8, 4) is 0 Å². The van der Waals surface area contributed by atoms with Gasteiger partial charge >= 0.3 is 0 Å². The molecular formula is C36H35Cl2F2N5O5S. The van der Waals surface area contributed by atoms with Crippen LogP contribution in [0.5, 0.6) is 0 Å². The molecule has 0 bridgehead atoms. The number of anilines is 1. The number of nitrogens with two attached hydrogens (primary N) is 1. The third-order valence-corrected chi connectivity index (χ3v) is 10.6. The van der Waals surface area contributed by atoms with E-state index < -0.39 is 63.6 Å². The number of hydrogen-bond acceptors (Lipinski definition) is 6. The number of hydrogen-bond donors (Lipinski definition) is 3. The summed E-state index contributed by atoms with van der Waals surface area (Å²) in [6, 6.07) is 23.6. The van der Waals surface area contributed by atoms with Crippen LogP contribution in [-0.4, -0.2) is 68.5 Å². The minimum Gasteiger partial charge on any atom is -0.369 e. The zero-order valence-corrected chi connectivity index (χ0v) is 29.5. The van der Waals surface area contributed by atoms with Crippen molar-refractivity contribution in [2.45, 2.75) is 31.0 Å². The zero-order valence-electron chi connectivity index (χ0n) is 27.1. The molecule has 1 fully saturated rings. The van der Waals surface area contributed by atoms with Gasteiger partial charge in [0, 0.05) is 42.2 Å². The van der Waals surface area contributed by atoms with Gasteiger partial charge in [0.15, 0.2) is 0 Å². The number of carbonyl (C=O) groups is 3. The van der Waals surface area contributed by atoms with Crippen LogP contribution in [0, 0.1) is 11.6 Å². The Morgan fingerprint density at radius 2 is 1.41 bits per heavy atom. The molecule has 15 heteroatoms. The van der Waals surface area contributed by atoms with Crippen LogP contribution in [0.2, 0.25) is 10.0 Å². The number of rotatable bonds is 15. The first-order valence-electron chi connectivity index (χ1n) is 15.9. The van der Waals surface area contributed by atoms with E-state index in [2.05, 4.69) is 10.6 Å². The standard InChI is InChI=1S/C36H35Cl2F2N5O5S/c37-26-10-6-24(7-11-26)35(25-8-12-27(38)13-9-25)44-21-31(22-44)45(30-18-28(39)17-29(40)19-30)51(49,50)15-14-42-36(48)32(43-34(47)20-33(41)46)16-23-4-2-1-3-5-23/h1-13,17-19,31-32,35H,14-16,20-22H2,(H2,41,46)(H,42,48)(H,43,47). The molecule has 0 aromatic heterocycles. The highest BCUT2D eigenvalue weighted by Gasteiger charge is 2.42. The molecule has 51 heavy (non-hydrogen) atoms. The lowest BCUT2D eigenvalue weighted by atomic mass is 9.93. The van der Waals surface area contributed by atoms with Gasteiger partial charge in [0.2, 0.25) is 27.7 Å². The lowest BCUT2D eigenvalue weighted by Gasteiger charge is -2.49. The number of carbonyl (C=O) groups excluding carboxylic acids is 3. The summed E-state index contributed by atoms with van der Waals surface area (Å²) in [6.07, 6.45) is -0.583. The SMILES string of the molecule is NC(=O)CC(=O)NC(Cc1ccccc1)C(=O)NCCS(=O)(=O)N(c1cc(F)cc(F)c1)C1CN(C(c2ccc(Cl)cc2)c2ccc(Cl)cc2)C1. The van der Waals surface area contributed by atoms with E-state index in [9.17, 15) is 31.6 Å². The van der Waals surface area contributed by atoms with Gasteiger partial charge in [-0.25, -0.2) is 17.2 Å². The average molecular weight is 759 g/mol. The van der Waals surface area contributed by atoms with Crippen LogP contribution in [0.15, 0.2) is 97.1 Å². The van der Waals surface area contributed by atoms with Crippen LogP contribution in [0.1, 0.15) is 29.2 Å². The number of likely N-dealkylation sites (tertiary alicyclic amines) is 1. The molecule has 4 N–H and O–H groups in total. The topological polar surface area (TPSA) is 142 Å². The van der Waals surface area contributed by atoms with Crippen LogP contribution in [0.4, 0.5) is 14.5 Å². The maximum atomic E-state index is 14.5. The van der Waals surface area contributed by atoms with Gasteiger partial charge in [-0.15, -0.1) is 0 Å². The van der Waals surface area contributed by atoms with E-state index in [-0.39, 0.29) is 37.8 Å². The molecule has 1 saturated heterocycles. The second-order valence-electron chi connectivity index (χ2n) is 12.1. The molecule has 1 unspecified atom stereocenters. The zero-order chi connectivity index (χ0) is 36.7. The third-order valence-electron chi connectivity index (χ3n) is 8.29. The van der Waals surface area contributed by atoms with E-state index in [1.54, 1.807) is 54.6 Å². The van der Waals surface area contributed by atoms with Crippen LogP contribution in [-0.2, 0) is 30.8 Å². The largest absolute Gasteiger partial charge is 0.369 e. The van der Waals surface area contributed by atoms with E-state index in [1.165, 1.54) is 0 Å². The highest BCUT2D eigenvalue weighted by molar-refractivity contribution is 7.92. The fourth-order valence-corrected chi connectivity index (χ4v) is 7.83. The molecule has 4 aromatic rings. The Morgan fingerprint density at radius 1 is 0.863 bits per heavy atom. The van der Waals surface area contributed by atoms with Gasteiger partial charge in [-0.3, -0.25) is 23.6 Å². The molecule has 1 aliphatic heterocycles. The van der Waals surface area contributed by atoms with Crippen molar-refractivity contribution in [3.63, 3.8) is 0 Å². The number of halogens is 4. The summed E-state index contributed by atoms with van der Waals surface area (Å²) in [6.45, 7) is 0.0103. The summed E-state index contributed by atoms with van der Waals surface area (Å²) in [5, 5.41) is 6.12. The van der Waals surface area contributed by atoms with Crippen LogP contribution in [0.3, 0.4) is 0 Å². The van der Waals surface area contributed by atoms with Crippen molar-refractivity contribution in [1.29, 1.82) is 0 Å². The van der Waals surface area contributed by atoms with Crippen LogP contribution in [0.25, 0.3) is 0 Å². The predicted octanol–water partition coefficient (Wildman–Crippen LogP) is 4.60. The second-order valence-corrected chi connectivity index (χ2v) is 14.9. The Labute approximate surface area is 304 Å². The monoisotopic (exact) mass is 757 g/mol. The van der Waals surface area contributed by atoms with Crippen molar-refractivity contribution >= 4 is 56.6 Å². The number of amides is 3. The number of benzene rings is 4. The Bertz CT molecular complexity index is 1900. The number of primary amides is 1. The molecule has 0 radical (unpaired) electrons. The molecule has 10 nitrogen and oxygen atoms in total. The molecule has 1 heterocycles. The van der Waals surface area contributed by atoms with Gasteiger partial charge in [0.1, 0.15) is 24.1 Å². The summed E-state index contributed by atoms with van der Waals surface area (Å²) in [7, 11) is -4.30. The van der Waals surface area contributed by atoms with Crippen molar-refractivity contribution in [3.05, 3.63) is 135 Å². The Hall–Kier alpha value is -4.56. The molecule has 268 valence electrons. The molecule has 0 saturated carbocycles. The van der Waals surface area contributed by atoms with Gasteiger partial charge in [-0.1, -0.05) is 77.8 Å². The molecule has 3 amide bonds. The van der Waals surface area contributed by atoms with Crippen molar-refractivity contribution < 1.29 is 31.6 Å². The Kier molecular flexibility index (Phi) is 12.3. The smallest absolute Gasteiger partial charge is 0.242 e. The fourth-order valence-electron chi connectivity index (χ4n) is 6.00. The molecule has 4 aromatic carbocycles. The van der Waals surface area contributed by atoms with Gasteiger partial charge in [0.25, 0.3) is 0 Å². The maximum absolute atomic E-state index is 14.5. The molecule has 1 aliphatic rings. The quantitative estimate of drug-likeness (QED) is 0.152. The summed E-state index contributed by atoms with van der Waals surface area (Å²) in [5.74, 6) is -4.88. The first kappa shape index (κ1) is 37.7.